The van der Waals surface area contributed by atoms with Crippen LogP contribution in [0.25, 0.3) is 10.2 Å². The van der Waals surface area contributed by atoms with Crippen LogP contribution in [-0.2, 0) is 10.5 Å². The molecule has 2 rings (SSSR count). The first-order valence-electron chi connectivity index (χ1n) is 4.43. The number of aromatic nitrogens is 2. The second-order valence-corrected chi connectivity index (χ2v) is 4.94. The van der Waals surface area contributed by atoms with Gasteiger partial charge in [0.15, 0.2) is 0 Å². The number of aliphatic carboxylic acids is 1. The number of nitrogens with one attached hydrogen (secondary N) is 1. The molecule has 2 N–H and O–H groups in total. The molecule has 0 aliphatic carbocycles. The average molecular weight is 256 g/mol. The number of carboxylic acid groups (broad SMARTS) is 1. The molecule has 0 bridgehead atoms. The molecule has 2 aromatic heterocycles. The van der Waals surface area contributed by atoms with Crippen molar-refractivity contribution in [2.45, 2.75) is 5.75 Å². The van der Waals surface area contributed by atoms with Gasteiger partial charge in [-0.25, -0.2) is 4.98 Å². The SMILES string of the molecule is O=C(O)CSCc1nc2ccsc2c(=O)[nH]1. The van der Waals surface area contributed by atoms with Crippen molar-refractivity contribution < 1.29 is 9.90 Å². The Morgan fingerprint density at radius 1 is 1.62 bits per heavy atom. The van der Waals surface area contributed by atoms with Crippen molar-refractivity contribution >= 4 is 39.3 Å². The zero-order chi connectivity index (χ0) is 11.5. The number of thiophene rings is 1. The third kappa shape index (κ3) is 2.42. The van der Waals surface area contributed by atoms with Gasteiger partial charge in [-0.1, -0.05) is 0 Å². The molecule has 7 heteroatoms. The van der Waals surface area contributed by atoms with Gasteiger partial charge in [-0.3, -0.25) is 9.59 Å². The second-order valence-electron chi connectivity index (χ2n) is 3.03. The zero-order valence-corrected chi connectivity index (χ0v) is 9.73. The lowest BCUT2D eigenvalue weighted by atomic mass is 10.4. The highest BCUT2D eigenvalue weighted by Crippen LogP contribution is 2.15. The van der Waals surface area contributed by atoms with Crippen LogP contribution in [0.3, 0.4) is 0 Å². The molecular formula is C9H8N2O3S2. The highest BCUT2D eigenvalue weighted by Gasteiger charge is 2.05. The van der Waals surface area contributed by atoms with Crippen molar-refractivity contribution in [3.63, 3.8) is 0 Å². The minimum atomic E-state index is -0.871. The molecule has 0 unspecified atom stereocenters. The molecule has 2 aromatic rings. The number of nitrogens with zero attached hydrogens (tertiary/aromatic N) is 1. The number of rotatable bonds is 4. The summed E-state index contributed by atoms with van der Waals surface area (Å²) in [5.41, 5.74) is 0.505. The fraction of sp³-hybridized carbons (Fsp3) is 0.222. The standard InChI is InChI=1S/C9H8N2O3S2/c12-7(13)4-15-3-6-10-5-1-2-16-8(5)9(14)11-6/h1-2H,3-4H2,(H,12,13)(H,10,11,14). The van der Waals surface area contributed by atoms with Crippen LogP contribution < -0.4 is 5.56 Å². The molecular weight excluding hydrogens is 248 g/mol. The minimum absolute atomic E-state index is 0.00534. The molecule has 0 aromatic carbocycles. The number of fused-ring (bicyclic) bond motifs is 1. The van der Waals surface area contributed by atoms with Gasteiger partial charge in [-0.15, -0.1) is 23.1 Å². The summed E-state index contributed by atoms with van der Waals surface area (Å²) in [4.78, 5) is 28.7. The van der Waals surface area contributed by atoms with E-state index in [9.17, 15) is 9.59 Å². The van der Waals surface area contributed by atoms with E-state index in [0.29, 0.717) is 21.8 Å². The summed E-state index contributed by atoms with van der Waals surface area (Å²) in [6.07, 6.45) is 0. The molecule has 0 fully saturated rings. The highest BCUT2D eigenvalue weighted by molar-refractivity contribution is 7.99. The van der Waals surface area contributed by atoms with E-state index in [2.05, 4.69) is 9.97 Å². The van der Waals surface area contributed by atoms with Crippen molar-refractivity contribution in [1.29, 1.82) is 0 Å². The van der Waals surface area contributed by atoms with Crippen LogP contribution >= 0.6 is 23.1 Å². The van der Waals surface area contributed by atoms with Gasteiger partial charge in [0.1, 0.15) is 10.5 Å². The van der Waals surface area contributed by atoms with Crippen LogP contribution in [0.4, 0.5) is 0 Å². The zero-order valence-electron chi connectivity index (χ0n) is 8.10. The number of hydrogen-bond acceptors (Lipinski definition) is 5. The first-order chi connectivity index (χ1) is 7.66. The Bertz CT molecular complexity index is 575. The molecule has 16 heavy (non-hydrogen) atoms. The predicted molar refractivity (Wildman–Crippen MR) is 64.0 cm³/mol. The van der Waals surface area contributed by atoms with E-state index in [1.54, 1.807) is 11.4 Å². The number of carboxylic acids is 1. The van der Waals surface area contributed by atoms with E-state index in [0.717, 1.165) is 0 Å². The molecule has 84 valence electrons. The van der Waals surface area contributed by atoms with Gasteiger partial charge < -0.3 is 10.1 Å². The van der Waals surface area contributed by atoms with Gasteiger partial charge in [0.25, 0.3) is 5.56 Å². The Morgan fingerprint density at radius 2 is 2.44 bits per heavy atom. The Labute approximate surface area is 98.5 Å². The van der Waals surface area contributed by atoms with Crippen LogP contribution in [0.1, 0.15) is 5.82 Å². The fourth-order valence-electron chi connectivity index (χ4n) is 1.22. The molecule has 0 saturated carbocycles. The summed E-state index contributed by atoms with van der Waals surface area (Å²) in [5.74, 6) is 0.0460. The van der Waals surface area contributed by atoms with Crippen LogP contribution in [0.5, 0.6) is 0 Å². The van der Waals surface area contributed by atoms with Gasteiger partial charge in [-0.05, 0) is 11.4 Å². The molecule has 0 aliphatic heterocycles. The third-order valence-corrected chi connectivity index (χ3v) is 3.66. The summed E-state index contributed by atoms with van der Waals surface area (Å²) in [6.45, 7) is 0. The minimum Gasteiger partial charge on any atom is -0.481 e. The van der Waals surface area contributed by atoms with Crippen LogP contribution in [0.2, 0.25) is 0 Å². The predicted octanol–water partition coefficient (Wildman–Crippen LogP) is 1.30. The normalized spacial score (nSPS) is 10.8. The average Bonchev–Trinajstić information content (AvgIpc) is 2.65. The van der Waals surface area contributed by atoms with Crippen LogP contribution in [0.15, 0.2) is 16.2 Å². The molecule has 5 nitrogen and oxygen atoms in total. The summed E-state index contributed by atoms with van der Waals surface area (Å²) in [5, 5.41) is 10.3. The lowest BCUT2D eigenvalue weighted by Crippen LogP contribution is -2.10. The van der Waals surface area contributed by atoms with Crippen molar-refractivity contribution in [3.05, 3.63) is 27.6 Å². The van der Waals surface area contributed by atoms with E-state index in [1.165, 1.54) is 23.1 Å². The molecule has 0 amide bonds. The fourth-order valence-corrected chi connectivity index (χ4v) is 2.56. The van der Waals surface area contributed by atoms with E-state index in [-0.39, 0.29) is 11.3 Å². The Hall–Kier alpha value is -1.34. The Morgan fingerprint density at radius 3 is 3.19 bits per heavy atom. The smallest absolute Gasteiger partial charge is 0.313 e. The number of carbonyl (C=O) groups is 1. The van der Waals surface area contributed by atoms with Crippen molar-refractivity contribution in [3.8, 4) is 0 Å². The van der Waals surface area contributed by atoms with E-state index < -0.39 is 5.97 Å². The Balaban J connectivity index is 2.18. The molecule has 0 spiro atoms. The third-order valence-electron chi connectivity index (χ3n) is 1.83. The van der Waals surface area contributed by atoms with Gasteiger partial charge in [-0.2, -0.15) is 0 Å². The first-order valence-corrected chi connectivity index (χ1v) is 6.46. The first kappa shape index (κ1) is 11.2. The van der Waals surface area contributed by atoms with E-state index in [1.807, 2.05) is 0 Å². The van der Waals surface area contributed by atoms with Gasteiger partial charge in [0.05, 0.1) is 17.0 Å². The molecule has 0 atom stereocenters. The summed E-state index contributed by atoms with van der Waals surface area (Å²) < 4.78 is 0.604. The Kier molecular flexibility index (Phi) is 3.25. The summed E-state index contributed by atoms with van der Waals surface area (Å²) >= 11 is 2.55. The van der Waals surface area contributed by atoms with Crippen molar-refractivity contribution in [1.82, 2.24) is 9.97 Å². The quantitative estimate of drug-likeness (QED) is 0.861. The highest BCUT2D eigenvalue weighted by atomic mass is 32.2. The summed E-state index contributed by atoms with van der Waals surface area (Å²) in [7, 11) is 0. The maximum Gasteiger partial charge on any atom is 0.313 e. The van der Waals surface area contributed by atoms with Gasteiger partial charge in [0, 0.05) is 0 Å². The van der Waals surface area contributed by atoms with Crippen LogP contribution in [0, 0.1) is 0 Å². The van der Waals surface area contributed by atoms with Crippen molar-refractivity contribution in [2.75, 3.05) is 5.75 Å². The molecule has 0 radical (unpaired) electrons. The molecule has 2 heterocycles. The number of thioether (sulfide) groups is 1. The van der Waals surface area contributed by atoms with E-state index in [4.69, 9.17) is 5.11 Å². The number of hydrogen-bond donors (Lipinski definition) is 2. The largest absolute Gasteiger partial charge is 0.481 e. The van der Waals surface area contributed by atoms with Gasteiger partial charge >= 0.3 is 5.97 Å². The van der Waals surface area contributed by atoms with Gasteiger partial charge in [0.2, 0.25) is 0 Å². The lowest BCUT2D eigenvalue weighted by molar-refractivity contribution is -0.133. The monoisotopic (exact) mass is 256 g/mol. The summed E-state index contributed by atoms with van der Waals surface area (Å²) in [6, 6.07) is 1.78. The lowest BCUT2D eigenvalue weighted by Gasteiger charge is -1.98. The van der Waals surface area contributed by atoms with Crippen molar-refractivity contribution in [2.24, 2.45) is 0 Å². The topological polar surface area (TPSA) is 83.0 Å². The maximum absolute atomic E-state index is 11.5. The molecule has 0 saturated heterocycles. The van der Waals surface area contributed by atoms with Crippen LogP contribution in [-0.4, -0.2) is 26.8 Å². The number of aromatic amines is 1. The molecule has 0 aliphatic rings. The second kappa shape index (κ2) is 4.67. The maximum atomic E-state index is 11.5. The number of H-pyrrole nitrogens is 1. The van der Waals surface area contributed by atoms with E-state index >= 15 is 0 Å².